The number of β-amino-alcohol motifs (C(OH)–C–C–N with tert-alkyl or cyclic N) is 1. The van der Waals surface area contributed by atoms with E-state index in [2.05, 4.69) is 28.4 Å². The van der Waals surface area contributed by atoms with Crippen LogP contribution in [0.25, 0.3) is 0 Å². The Hall–Kier alpha value is -1.55. The Labute approximate surface area is 204 Å². The second kappa shape index (κ2) is 13.9. The van der Waals surface area contributed by atoms with E-state index in [1.165, 1.54) is 17.7 Å². The van der Waals surface area contributed by atoms with Gasteiger partial charge in [0.25, 0.3) is 0 Å². The molecule has 0 aliphatic carbocycles. The molecule has 1 fully saturated rings. The van der Waals surface area contributed by atoms with Crippen LogP contribution in [0.4, 0.5) is 10.1 Å². The Balaban J connectivity index is 0.00000171. The zero-order valence-electron chi connectivity index (χ0n) is 17.6. The van der Waals surface area contributed by atoms with Crippen molar-refractivity contribution in [1.82, 2.24) is 4.90 Å². The third-order valence-electron chi connectivity index (χ3n) is 5.21. The minimum Gasteiger partial charge on any atom is -0.491 e. The summed E-state index contributed by atoms with van der Waals surface area (Å²) in [5, 5.41) is 14.7. The molecule has 0 amide bonds. The number of para-hydroxylation sites is 1. The second-order valence-electron chi connectivity index (χ2n) is 7.46. The number of anilines is 1. The SMILES string of the molecule is Cl.Cl.O.OC(COc1ccc(F)cc1)CN1CCC(N=C2Nc3ccccc3CS2)CC1. The van der Waals surface area contributed by atoms with Crippen molar-refractivity contribution in [2.75, 3.05) is 31.6 Å². The highest BCUT2D eigenvalue weighted by Crippen LogP contribution is 2.29. The maximum Gasteiger partial charge on any atom is 0.161 e. The summed E-state index contributed by atoms with van der Waals surface area (Å²) in [5.74, 6) is 1.23. The number of aliphatic imine (C=N–C) groups is 1. The van der Waals surface area contributed by atoms with Crippen LogP contribution in [0.2, 0.25) is 0 Å². The van der Waals surface area contributed by atoms with E-state index in [0.717, 1.165) is 42.5 Å². The fourth-order valence-electron chi connectivity index (χ4n) is 3.61. The van der Waals surface area contributed by atoms with E-state index in [1.54, 1.807) is 23.9 Å². The van der Waals surface area contributed by atoms with Gasteiger partial charge in [-0.05, 0) is 48.7 Å². The number of nitrogens with zero attached hydrogens (tertiary/aromatic N) is 2. The molecular weight excluding hydrogens is 476 g/mol. The molecule has 0 radical (unpaired) electrons. The van der Waals surface area contributed by atoms with Crippen LogP contribution < -0.4 is 10.1 Å². The first-order valence-electron chi connectivity index (χ1n) is 10.00. The first-order valence-corrected chi connectivity index (χ1v) is 11.0. The number of hydrogen-bond acceptors (Lipinski definition) is 5. The maximum atomic E-state index is 12.9. The molecule has 0 aromatic heterocycles. The van der Waals surface area contributed by atoms with E-state index in [-0.39, 0.29) is 42.7 Å². The van der Waals surface area contributed by atoms with E-state index in [9.17, 15) is 9.50 Å². The molecule has 1 atom stereocenters. The monoisotopic (exact) mass is 505 g/mol. The fourth-order valence-corrected chi connectivity index (χ4v) is 4.56. The third kappa shape index (κ3) is 8.10. The number of fused-ring (bicyclic) bond motifs is 1. The molecule has 32 heavy (non-hydrogen) atoms. The predicted molar refractivity (Wildman–Crippen MR) is 134 cm³/mol. The molecule has 1 unspecified atom stereocenters. The van der Waals surface area contributed by atoms with Crippen LogP contribution in [0.5, 0.6) is 5.75 Å². The first-order chi connectivity index (χ1) is 14.2. The number of rotatable bonds is 6. The number of halogens is 3. The Morgan fingerprint density at radius 3 is 2.53 bits per heavy atom. The van der Waals surface area contributed by atoms with Gasteiger partial charge in [0.15, 0.2) is 5.17 Å². The van der Waals surface area contributed by atoms with Gasteiger partial charge in [-0.2, -0.15) is 0 Å². The van der Waals surface area contributed by atoms with Crippen LogP contribution in [0.1, 0.15) is 18.4 Å². The van der Waals surface area contributed by atoms with Gasteiger partial charge in [0.05, 0.1) is 6.04 Å². The van der Waals surface area contributed by atoms with Crippen LogP contribution in [0.15, 0.2) is 53.5 Å². The molecule has 178 valence electrons. The molecule has 2 heterocycles. The van der Waals surface area contributed by atoms with Crippen molar-refractivity contribution in [3.63, 3.8) is 0 Å². The Morgan fingerprint density at radius 1 is 1.12 bits per heavy atom. The summed E-state index contributed by atoms with van der Waals surface area (Å²) in [5.41, 5.74) is 2.48. The van der Waals surface area contributed by atoms with Crippen molar-refractivity contribution in [2.24, 2.45) is 4.99 Å². The molecule has 2 aromatic rings. The molecule has 6 nitrogen and oxygen atoms in total. The van der Waals surface area contributed by atoms with E-state index >= 15 is 0 Å². The molecule has 0 saturated carbocycles. The summed E-state index contributed by atoms with van der Waals surface area (Å²) in [6, 6.07) is 14.5. The number of amidine groups is 1. The Morgan fingerprint density at radius 2 is 1.81 bits per heavy atom. The molecule has 0 bridgehead atoms. The van der Waals surface area contributed by atoms with Gasteiger partial charge in [0, 0.05) is 31.1 Å². The average molecular weight is 506 g/mol. The van der Waals surface area contributed by atoms with E-state index in [0.29, 0.717) is 18.3 Å². The van der Waals surface area contributed by atoms with Crippen molar-refractivity contribution in [3.05, 3.63) is 59.9 Å². The number of aliphatic hydroxyl groups excluding tert-OH is 1. The lowest BCUT2D eigenvalue weighted by molar-refractivity contribution is 0.0598. The van der Waals surface area contributed by atoms with Gasteiger partial charge >= 0.3 is 0 Å². The highest BCUT2D eigenvalue weighted by Gasteiger charge is 2.22. The van der Waals surface area contributed by atoms with Gasteiger partial charge < -0.3 is 25.5 Å². The quantitative estimate of drug-likeness (QED) is 0.623. The largest absolute Gasteiger partial charge is 0.491 e. The summed E-state index contributed by atoms with van der Waals surface area (Å²) in [7, 11) is 0. The highest BCUT2D eigenvalue weighted by atomic mass is 35.5. The lowest BCUT2D eigenvalue weighted by atomic mass is 10.1. The third-order valence-corrected chi connectivity index (χ3v) is 6.14. The fraction of sp³-hybridized carbons (Fsp3) is 0.409. The summed E-state index contributed by atoms with van der Waals surface area (Å²) in [4.78, 5) is 7.17. The van der Waals surface area contributed by atoms with Crippen LogP contribution in [-0.2, 0) is 5.75 Å². The van der Waals surface area contributed by atoms with Gasteiger partial charge in [-0.15, -0.1) is 24.8 Å². The molecule has 1 saturated heterocycles. The first kappa shape index (κ1) is 28.5. The Kier molecular flexibility index (Phi) is 12.3. The highest BCUT2D eigenvalue weighted by molar-refractivity contribution is 8.13. The smallest absolute Gasteiger partial charge is 0.161 e. The van der Waals surface area contributed by atoms with Crippen molar-refractivity contribution in [2.45, 2.75) is 30.7 Å². The number of ether oxygens (including phenoxy) is 1. The van der Waals surface area contributed by atoms with Crippen LogP contribution in [0, 0.1) is 5.82 Å². The predicted octanol–water partition coefficient (Wildman–Crippen LogP) is 3.76. The van der Waals surface area contributed by atoms with Crippen molar-refractivity contribution >= 4 is 47.4 Å². The summed E-state index contributed by atoms with van der Waals surface area (Å²) in [6.07, 6.45) is 1.40. The number of aliphatic hydroxyl groups is 1. The van der Waals surface area contributed by atoms with Gasteiger partial charge in [-0.25, -0.2) is 4.39 Å². The molecule has 0 spiro atoms. The molecule has 2 aliphatic rings. The van der Waals surface area contributed by atoms with Gasteiger partial charge in [-0.3, -0.25) is 4.99 Å². The second-order valence-corrected chi connectivity index (χ2v) is 8.42. The maximum absolute atomic E-state index is 12.9. The molecule has 4 N–H and O–H groups in total. The van der Waals surface area contributed by atoms with Crippen molar-refractivity contribution < 1.29 is 19.7 Å². The normalized spacial score (nSPS) is 18.2. The molecule has 10 heteroatoms. The summed E-state index contributed by atoms with van der Waals surface area (Å²) >= 11 is 1.76. The van der Waals surface area contributed by atoms with E-state index in [4.69, 9.17) is 9.73 Å². The van der Waals surface area contributed by atoms with Crippen molar-refractivity contribution in [1.29, 1.82) is 0 Å². The number of nitrogens with one attached hydrogen (secondary N) is 1. The van der Waals surface area contributed by atoms with Gasteiger partial charge in [-0.1, -0.05) is 30.0 Å². The molecule has 2 aliphatic heterocycles. The minimum absolute atomic E-state index is 0. The van der Waals surface area contributed by atoms with Crippen molar-refractivity contribution in [3.8, 4) is 5.75 Å². The summed E-state index contributed by atoms with van der Waals surface area (Å²) in [6.45, 7) is 2.60. The van der Waals surface area contributed by atoms with Crippen LogP contribution >= 0.6 is 36.6 Å². The Bertz CT molecular complexity index is 853. The number of hydrogen-bond donors (Lipinski definition) is 2. The zero-order chi connectivity index (χ0) is 20.1. The standard InChI is InChI=1S/C22H26FN3O2S.2ClH.H2O/c23-17-5-7-20(8-6-17)28-14-19(27)13-26-11-9-18(10-12-26)24-22-25-21-4-2-1-3-16(21)15-29-22;;;/h1-8,18-19,27H,9-15H2,(H,24,25);2*1H;1H2. The van der Waals surface area contributed by atoms with E-state index in [1.807, 2.05) is 6.07 Å². The van der Waals surface area contributed by atoms with Gasteiger partial charge in [0.1, 0.15) is 24.3 Å². The molecular formula is C22H30Cl2FN3O3S. The van der Waals surface area contributed by atoms with Gasteiger partial charge in [0.2, 0.25) is 0 Å². The number of benzene rings is 2. The average Bonchev–Trinajstić information content (AvgIpc) is 2.75. The van der Waals surface area contributed by atoms with E-state index < -0.39 is 6.10 Å². The summed E-state index contributed by atoms with van der Waals surface area (Å²) < 4.78 is 18.5. The topological polar surface area (TPSA) is 88.6 Å². The number of thioether (sulfide) groups is 1. The number of likely N-dealkylation sites (tertiary alicyclic amines) is 1. The lowest BCUT2D eigenvalue weighted by Gasteiger charge is -2.32. The minimum atomic E-state index is -0.574. The molecule has 2 aromatic carbocycles. The zero-order valence-corrected chi connectivity index (χ0v) is 20.0. The van der Waals surface area contributed by atoms with Crippen LogP contribution in [-0.4, -0.2) is 59.0 Å². The lowest BCUT2D eigenvalue weighted by Crippen LogP contribution is -2.41. The molecule has 4 rings (SSSR count). The number of piperidine rings is 1. The van der Waals surface area contributed by atoms with Crippen LogP contribution in [0.3, 0.4) is 0 Å².